The van der Waals surface area contributed by atoms with Gasteiger partial charge in [-0.3, -0.25) is 14.6 Å². The molecule has 0 unspecified atom stereocenters. The number of nitrogens with one attached hydrogen (secondary N) is 1. The second kappa shape index (κ2) is 13.2. The number of fused-ring (bicyclic) bond motifs is 3. The van der Waals surface area contributed by atoms with Gasteiger partial charge in [0.25, 0.3) is 0 Å². The molecule has 0 bridgehead atoms. The van der Waals surface area contributed by atoms with Crippen molar-refractivity contribution >= 4 is 11.9 Å². The minimum atomic E-state index is -5.08. The molecule has 0 fully saturated rings. The van der Waals surface area contributed by atoms with E-state index in [0.29, 0.717) is 18.7 Å². The molecule has 0 spiro atoms. The number of hydrogen-bond donors (Lipinski definition) is 3. The fraction of sp³-hybridized carbons (Fsp3) is 0.276. The van der Waals surface area contributed by atoms with Crippen LogP contribution < -0.4 is 5.32 Å². The molecule has 0 atom stereocenters. The highest BCUT2D eigenvalue weighted by Crippen LogP contribution is 2.34. The molecule has 41 heavy (non-hydrogen) atoms. The zero-order valence-corrected chi connectivity index (χ0v) is 21.9. The molecule has 1 aromatic carbocycles. The second-order valence-corrected chi connectivity index (χ2v) is 9.33. The summed E-state index contributed by atoms with van der Waals surface area (Å²) < 4.78 is 33.4. The lowest BCUT2D eigenvalue weighted by Gasteiger charge is -2.14. The van der Waals surface area contributed by atoms with E-state index in [1.807, 2.05) is 24.4 Å². The van der Waals surface area contributed by atoms with E-state index in [1.165, 1.54) is 16.7 Å². The molecular formula is C29H28F3N5O4. The number of pyridine rings is 2. The molecule has 0 amide bonds. The predicted molar refractivity (Wildman–Crippen MR) is 144 cm³/mol. The first kappa shape index (κ1) is 29.4. The van der Waals surface area contributed by atoms with Gasteiger partial charge in [-0.2, -0.15) is 18.3 Å². The highest BCUT2D eigenvalue weighted by molar-refractivity contribution is 5.90. The van der Waals surface area contributed by atoms with Crippen LogP contribution >= 0.6 is 0 Å². The van der Waals surface area contributed by atoms with E-state index in [1.54, 1.807) is 23.3 Å². The first-order chi connectivity index (χ1) is 19.6. The summed E-state index contributed by atoms with van der Waals surface area (Å²) in [5, 5.41) is 25.1. The lowest BCUT2D eigenvalue weighted by Crippen LogP contribution is -2.21. The maximum Gasteiger partial charge on any atom is 0.490 e. The van der Waals surface area contributed by atoms with Crippen molar-refractivity contribution in [1.29, 1.82) is 0 Å². The van der Waals surface area contributed by atoms with Gasteiger partial charge in [-0.15, -0.1) is 0 Å². The Morgan fingerprint density at radius 1 is 0.902 bits per heavy atom. The van der Waals surface area contributed by atoms with Crippen LogP contribution in [0.1, 0.15) is 33.6 Å². The number of carbonyl (C=O) groups is 2. The Morgan fingerprint density at radius 3 is 2.22 bits per heavy atom. The van der Waals surface area contributed by atoms with Crippen LogP contribution in [-0.2, 0) is 30.6 Å². The summed E-state index contributed by atoms with van der Waals surface area (Å²) in [7, 11) is 0. The van der Waals surface area contributed by atoms with E-state index in [0.717, 1.165) is 54.7 Å². The summed E-state index contributed by atoms with van der Waals surface area (Å²) >= 11 is 0. The van der Waals surface area contributed by atoms with Crippen LogP contribution in [0.25, 0.3) is 22.4 Å². The molecule has 3 N–H and O–H groups in total. The number of aromatic nitrogens is 4. The van der Waals surface area contributed by atoms with Gasteiger partial charge in [0.15, 0.2) is 0 Å². The highest BCUT2D eigenvalue weighted by Gasteiger charge is 2.38. The van der Waals surface area contributed by atoms with Gasteiger partial charge in [0.1, 0.15) is 5.69 Å². The Morgan fingerprint density at radius 2 is 1.56 bits per heavy atom. The molecule has 3 aromatic heterocycles. The number of hydrogen-bond acceptors (Lipinski definition) is 6. The average molecular weight is 568 g/mol. The van der Waals surface area contributed by atoms with Gasteiger partial charge in [0.2, 0.25) is 0 Å². The third-order valence-electron chi connectivity index (χ3n) is 6.58. The van der Waals surface area contributed by atoms with Crippen molar-refractivity contribution in [2.45, 2.75) is 38.4 Å². The molecule has 0 radical (unpaired) electrons. The molecule has 9 nitrogen and oxygen atoms in total. The standard InChI is InChI=1S/C27H27N5O2.C2HF3O2/c33-27(34)26-24-7-6-22-18-30-16-11-23(22)25(24)31-32(26)17-1-12-28-13-8-19-2-4-20(5-3-19)21-9-14-29-15-10-21;3-2(4,5)1(6)7/h2-5,9-11,14-16,18,28H,1,6-8,12-13,17H2,(H,33,34);(H,6,7). The zero-order chi connectivity index (χ0) is 29.4. The molecule has 5 rings (SSSR count). The maximum absolute atomic E-state index is 12.0. The van der Waals surface area contributed by atoms with Crippen molar-refractivity contribution in [3.8, 4) is 22.4 Å². The molecule has 1 aliphatic carbocycles. The normalized spacial score (nSPS) is 12.1. The predicted octanol–water partition coefficient (Wildman–Crippen LogP) is 4.66. The topological polar surface area (TPSA) is 130 Å². The number of nitrogens with zero attached hydrogens (tertiary/aromatic N) is 4. The Hall–Kier alpha value is -4.58. The van der Waals surface area contributed by atoms with Crippen LogP contribution in [0.15, 0.2) is 67.3 Å². The summed E-state index contributed by atoms with van der Waals surface area (Å²) in [4.78, 5) is 29.1. The Balaban J connectivity index is 0.000000493. The van der Waals surface area contributed by atoms with E-state index in [9.17, 15) is 23.1 Å². The number of benzene rings is 1. The van der Waals surface area contributed by atoms with Gasteiger partial charge in [0, 0.05) is 42.5 Å². The van der Waals surface area contributed by atoms with Crippen molar-refractivity contribution in [2.75, 3.05) is 13.1 Å². The number of alkyl halides is 3. The smallest absolute Gasteiger partial charge is 0.477 e. The molecule has 12 heteroatoms. The van der Waals surface area contributed by atoms with Crippen molar-refractivity contribution in [1.82, 2.24) is 25.1 Å². The number of aromatic carboxylic acids is 1. The molecule has 4 aromatic rings. The highest BCUT2D eigenvalue weighted by atomic mass is 19.4. The molecule has 214 valence electrons. The van der Waals surface area contributed by atoms with Crippen LogP contribution in [0.2, 0.25) is 0 Å². The molecule has 0 saturated heterocycles. The summed E-state index contributed by atoms with van der Waals surface area (Å²) in [5.74, 6) is -3.66. The van der Waals surface area contributed by atoms with Gasteiger partial charge in [-0.05, 0) is 79.2 Å². The maximum atomic E-state index is 12.0. The van der Waals surface area contributed by atoms with Crippen LogP contribution in [0.3, 0.4) is 0 Å². The minimum Gasteiger partial charge on any atom is -0.477 e. The zero-order valence-electron chi connectivity index (χ0n) is 21.9. The van der Waals surface area contributed by atoms with Crippen molar-refractivity contribution in [3.05, 3.63) is 89.6 Å². The third kappa shape index (κ3) is 7.54. The summed E-state index contributed by atoms with van der Waals surface area (Å²) in [5.41, 5.74) is 7.74. The van der Waals surface area contributed by atoms with Gasteiger partial charge in [-0.25, -0.2) is 9.59 Å². The van der Waals surface area contributed by atoms with Crippen molar-refractivity contribution in [2.24, 2.45) is 0 Å². The number of rotatable bonds is 9. The molecule has 1 aliphatic rings. The lowest BCUT2D eigenvalue weighted by atomic mass is 9.90. The number of halogens is 3. The van der Waals surface area contributed by atoms with Gasteiger partial charge < -0.3 is 15.5 Å². The van der Waals surface area contributed by atoms with E-state index < -0.39 is 18.1 Å². The SMILES string of the molecule is O=C(O)C(F)(F)F.O=C(O)c1c2c(nn1CCCNCCc1ccc(-c3ccncc3)cc1)-c1ccncc1CC2. The first-order valence-corrected chi connectivity index (χ1v) is 12.9. The fourth-order valence-corrected chi connectivity index (χ4v) is 4.59. The molecule has 3 heterocycles. The Bertz CT molecular complexity index is 1490. The van der Waals surface area contributed by atoms with Crippen LogP contribution in [0, 0.1) is 0 Å². The number of carboxylic acids is 2. The summed E-state index contributed by atoms with van der Waals surface area (Å²) in [6, 6.07) is 14.6. The summed E-state index contributed by atoms with van der Waals surface area (Å²) in [6.07, 6.45) is 5.37. The van der Waals surface area contributed by atoms with Gasteiger partial charge in [0.05, 0.1) is 5.69 Å². The number of carboxylic acid groups (broad SMARTS) is 2. The van der Waals surface area contributed by atoms with E-state index in [4.69, 9.17) is 9.90 Å². The van der Waals surface area contributed by atoms with Crippen molar-refractivity contribution < 1.29 is 33.0 Å². The van der Waals surface area contributed by atoms with E-state index >= 15 is 0 Å². The van der Waals surface area contributed by atoms with Crippen LogP contribution in [0.5, 0.6) is 0 Å². The minimum absolute atomic E-state index is 0.326. The van der Waals surface area contributed by atoms with Gasteiger partial charge in [-0.1, -0.05) is 24.3 Å². The molecule has 0 saturated carbocycles. The summed E-state index contributed by atoms with van der Waals surface area (Å²) in [6.45, 7) is 2.25. The van der Waals surface area contributed by atoms with E-state index in [2.05, 4.69) is 44.6 Å². The van der Waals surface area contributed by atoms with Crippen LogP contribution in [0.4, 0.5) is 13.2 Å². The monoisotopic (exact) mass is 567 g/mol. The lowest BCUT2D eigenvalue weighted by molar-refractivity contribution is -0.192. The van der Waals surface area contributed by atoms with Crippen LogP contribution in [-0.4, -0.2) is 61.2 Å². The second-order valence-electron chi connectivity index (χ2n) is 9.33. The average Bonchev–Trinajstić information content (AvgIpc) is 3.35. The first-order valence-electron chi connectivity index (χ1n) is 12.9. The number of aryl methyl sites for hydroxylation is 2. The quantitative estimate of drug-likeness (QED) is 0.249. The molecule has 0 aliphatic heterocycles. The Labute approximate surface area is 233 Å². The Kier molecular flexibility index (Phi) is 9.45. The van der Waals surface area contributed by atoms with E-state index in [-0.39, 0.29) is 0 Å². The number of aliphatic carboxylic acids is 1. The largest absolute Gasteiger partial charge is 0.490 e. The van der Waals surface area contributed by atoms with Gasteiger partial charge >= 0.3 is 18.1 Å². The fourth-order valence-electron chi connectivity index (χ4n) is 4.59. The molecular weight excluding hydrogens is 539 g/mol. The van der Waals surface area contributed by atoms with Crippen molar-refractivity contribution in [3.63, 3.8) is 0 Å². The third-order valence-corrected chi connectivity index (χ3v) is 6.58.